The van der Waals surface area contributed by atoms with Gasteiger partial charge in [-0.05, 0) is 44.9 Å². The second-order valence-electron chi connectivity index (χ2n) is 6.77. The van der Waals surface area contributed by atoms with Gasteiger partial charge in [-0.15, -0.1) is 0 Å². The van der Waals surface area contributed by atoms with Crippen LogP contribution in [0.3, 0.4) is 0 Å². The van der Waals surface area contributed by atoms with E-state index < -0.39 is 0 Å². The van der Waals surface area contributed by atoms with Crippen molar-refractivity contribution in [3.05, 3.63) is 35.7 Å². The molecule has 1 aromatic heterocycles. The van der Waals surface area contributed by atoms with Crippen molar-refractivity contribution in [3.63, 3.8) is 0 Å². The summed E-state index contributed by atoms with van der Waals surface area (Å²) < 4.78 is 5.35. The molecule has 1 heterocycles. The Labute approximate surface area is 143 Å². The Balaban J connectivity index is 2.04. The van der Waals surface area contributed by atoms with Gasteiger partial charge in [-0.2, -0.15) is 4.98 Å². The van der Waals surface area contributed by atoms with Crippen molar-refractivity contribution in [2.75, 3.05) is 7.05 Å². The molecule has 0 saturated carbocycles. The summed E-state index contributed by atoms with van der Waals surface area (Å²) in [5.41, 5.74) is 2.02. The fourth-order valence-electron chi connectivity index (χ4n) is 2.23. The molecule has 0 amide bonds. The van der Waals surface area contributed by atoms with Crippen LogP contribution in [0, 0.1) is 0 Å². The third-order valence-electron chi connectivity index (χ3n) is 3.29. The molecule has 0 saturated heterocycles. The normalized spacial score (nSPS) is 12.3. The Morgan fingerprint density at radius 1 is 1.29 bits per heavy atom. The lowest BCUT2D eigenvalue weighted by Crippen LogP contribution is -2.47. The fraction of sp³-hybridized carbons (Fsp3) is 0.500. The maximum absolute atomic E-state index is 5.35. The molecule has 6 nitrogen and oxygen atoms in total. The monoisotopic (exact) mass is 329 g/mol. The first-order chi connectivity index (χ1) is 11.4. The third kappa shape index (κ3) is 5.37. The molecular weight excluding hydrogens is 302 g/mol. The second-order valence-corrected chi connectivity index (χ2v) is 6.77. The summed E-state index contributed by atoms with van der Waals surface area (Å²) >= 11 is 0. The van der Waals surface area contributed by atoms with Crippen LogP contribution in [0.5, 0.6) is 0 Å². The molecule has 0 aliphatic carbocycles. The summed E-state index contributed by atoms with van der Waals surface area (Å²) in [7, 11) is 1.77. The summed E-state index contributed by atoms with van der Waals surface area (Å²) in [4.78, 5) is 8.68. The standard InChI is InChI=1S/C18H27N5O/c1-6-8-15-21-16(24-23-15)14-10-7-9-13(11-14)12-20-17(19-5)22-18(2,3)4/h7,9-11H,6,8,12H2,1-5H3,(H2,19,20,22). The molecule has 0 aliphatic heterocycles. The molecule has 0 fully saturated rings. The van der Waals surface area contributed by atoms with E-state index in [2.05, 4.69) is 65.6 Å². The van der Waals surface area contributed by atoms with E-state index in [0.717, 1.165) is 35.8 Å². The summed E-state index contributed by atoms with van der Waals surface area (Å²) in [5.74, 6) is 2.10. The number of aliphatic imine (C=N–C) groups is 1. The van der Waals surface area contributed by atoms with Crippen molar-refractivity contribution < 1.29 is 4.52 Å². The number of aromatic nitrogens is 2. The third-order valence-corrected chi connectivity index (χ3v) is 3.29. The highest BCUT2D eigenvalue weighted by atomic mass is 16.5. The number of hydrogen-bond donors (Lipinski definition) is 2. The first kappa shape index (κ1) is 18.0. The van der Waals surface area contributed by atoms with Gasteiger partial charge in [0.05, 0.1) is 0 Å². The number of nitrogens with zero attached hydrogens (tertiary/aromatic N) is 3. The van der Waals surface area contributed by atoms with E-state index in [4.69, 9.17) is 4.52 Å². The zero-order valence-corrected chi connectivity index (χ0v) is 15.2. The zero-order chi connectivity index (χ0) is 17.6. The van der Waals surface area contributed by atoms with E-state index in [1.54, 1.807) is 7.05 Å². The van der Waals surface area contributed by atoms with Crippen LogP contribution in [0.1, 0.15) is 45.5 Å². The quantitative estimate of drug-likeness (QED) is 0.651. The molecule has 0 spiro atoms. The Morgan fingerprint density at radius 3 is 2.75 bits per heavy atom. The van der Waals surface area contributed by atoms with Crippen LogP contribution in [0.2, 0.25) is 0 Å². The summed E-state index contributed by atoms with van der Waals surface area (Å²) in [6.07, 6.45) is 1.84. The van der Waals surface area contributed by atoms with Gasteiger partial charge in [-0.3, -0.25) is 4.99 Å². The van der Waals surface area contributed by atoms with Gasteiger partial charge in [0.2, 0.25) is 0 Å². The maximum Gasteiger partial charge on any atom is 0.257 e. The minimum Gasteiger partial charge on any atom is -0.352 e. The smallest absolute Gasteiger partial charge is 0.257 e. The lowest BCUT2D eigenvalue weighted by Gasteiger charge is -2.23. The van der Waals surface area contributed by atoms with E-state index in [-0.39, 0.29) is 5.54 Å². The molecule has 0 bridgehead atoms. The molecule has 130 valence electrons. The largest absolute Gasteiger partial charge is 0.352 e. The minimum atomic E-state index is -0.0386. The van der Waals surface area contributed by atoms with E-state index in [1.807, 2.05) is 12.1 Å². The number of benzene rings is 1. The van der Waals surface area contributed by atoms with Gasteiger partial charge < -0.3 is 15.2 Å². The minimum absolute atomic E-state index is 0.0386. The Morgan fingerprint density at radius 2 is 2.08 bits per heavy atom. The van der Waals surface area contributed by atoms with Crippen molar-refractivity contribution in [2.45, 2.75) is 52.6 Å². The Bertz CT molecular complexity index is 685. The molecule has 2 N–H and O–H groups in total. The summed E-state index contributed by atoms with van der Waals surface area (Å²) in [5, 5.41) is 10.7. The number of hydrogen-bond acceptors (Lipinski definition) is 4. The number of aryl methyl sites for hydroxylation is 1. The summed E-state index contributed by atoms with van der Waals surface area (Å²) in [6, 6.07) is 8.09. The second kappa shape index (κ2) is 7.95. The SMILES string of the molecule is CCCc1noc(-c2cccc(CNC(=NC)NC(C)(C)C)c2)n1. The first-order valence-corrected chi connectivity index (χ1v) is 8.32. The predicted octanol–water partition coefficient (Wildman–Crippen LogP) is 3.15. The molecular formula is C18H27N5O. The van der Waals surface area contributed by atoms with Crippen molar-refractivity contribution in [2.24, 2.45) is 4.99 Å². The van der Waals surface area contributed by atoms with Crippen LogP contribution in [0.4, 0.5) is 0 Å². The molecule has 24 heavy (non-hydrogen) atoms. The van der Waals surface area contributed by atoms with Gasteiger partial charge in [0.15, 0.2) is 11.8 Å². The number of rotatable bonds is 5. The zero-order valence-electron chi connectivity index (χ0n) is 15.2. The molecule has 0 unspecified atom stereocenters. The van der Waals surface area contributed by atoms with E-state index in [9.17, 15) is 0 Å². The topological polar surface area (TPSA) is 75.3 Å². The van der Waals surface area contributed by atoms with E-state index >= 15 is 0 Å². The van der Waals surface area contributed by atoms with Gasteiger partial charge in [-0.1, -0.05) is 24.2 Å². The van der Waals surface area contributed by atoms with Crippen LogP contribution < -0.4 is 10.6 Å². The molecule has 1 aromatic carbocycles. The van der Waals surface area contributed by atoms with Gasteiger partial charge >= 0.3 is 0 Å². The van der Waals surface area contributed by atoms with Gasteiger partial charge in [-0.25, -0.2) is 0 Å². The van der Waals surface area contributed by atoms with Crippen molar-refractivity contribution in [3.8, 4) is 11.5 Å². The first-order valence-electron chi connectivity index (χ1n) is 8.32. The predicted molar refractivity (Wildman–Crippen MR) is 96.8 cm³/mol. The maximum atomic E-state index is 5.35. The van der Waals surface area contributed by atoms with Crippen molar-refractivity contribution >= 4 is 5.96 Å². The van der Waals surface area contributed by atoms with Crippen LogP contribution in [0.15, 0.2) is 33.8 Å². The summed E-state index contributed by atoms with van der Waals surface area (Å²) in [6.45, 7) is 9.07. The lowest BCUT2D eigenvalue weighted by molar-refractivity contribution is 0.422. The van der Waals surface area contributed by atoms with Gasteiger partial charge in [0, 0.05) is 31.1 Å². The highest BCUT2D eigenvalue weighted by molar-refractivity contribution is 5.80. The van der Waals surface area contributed by atoms with Crippen LogP contribution in [-0.2, 0) is 13.0 Å². The van der Waals surface area contributed by atoms with Crippen LogP contribution in [0.25, 0.3) is 11.5 Å². The van der Waals surface area contributed by atoms with E-state index in [1.165, 1.54) is 0 Å². The molecule has 0 atom stereocenters. The van der Waals surface area contributed by atoms with Crippen molar-refractivity contribution in [1.82, 2.24) is 20.8 Å². The van der Waals surface area contributed by atoms with Crippen LogP contribution >= 0.6 is 0 Å². The Hall–Kier alpha value is -2.37. The lowest BCUT2D eigenvalue weighted by atomic mass is 10.1. The molecule has 6 heteroatoms. The highest BCUT2D eigenvalue weighted by Crippen LogP contribution is 2.19. The molecule has 2 aromatic rings. The highest BCUT2D eigenvalue weighted by Gasteiger charge is 2.12. The molecule has 0 radical (unpaired) electrons. The number of guanidine groups is 1. The average molecular weight is 329 g/mol. The average Bonchev–Trinajstić information content (AvgIpc) is 3.00. The fourth-order valence-corrected chi connectivity index (χ4v) is 2.23. The van der Waals surface area contributed by atoms with E-state index in [0.29, 0.717) is 12.4 Å². The molecule has 0 aliphatic rings. The van der Waals surface area contributed by atoms with Crippen LogP contribution in [-0.4, -0.2) is 28.7 Å². The Kier molecular flexibility index (Phi) is 5.95. The number of nitrogens with one attached hydrogen (secondary N) is 2. The van der Waals surface area contributed by atoms with Gasteiger partial charge in [0.25, 0.3) is 5.89 Å². The molecule has 2 rings (SSSR count). The van der Waals surface area contributed by atoms with Crippen molar-refractivity contribution in [1.29, 1.82) is 0 Å². The van der Waals surface area contributed by atoms with Gasteiger partial charge in [0.1, 0.15) is 0 Å².